The molecule has 0 aliphatic heterocycles. The standard InChI is InChI=1S/C16H10BrClN2/c17-12-5-3-4-11(10-12)15-8-9-19-16(20-15)13-6-1-2-7-14(13)18/h1-10H. The maximum absolute atomic E-state index is 6.19. The van der Waals surface area contributed by atoms with E-state index in [2.05, 4.69) is 25.9 Å². The molecule has 0 radical (unpaired) electrons. The molecule has 0 saturated heterocycles. The minimum absolute atomic E-state index is 0.632. The highest BCUT2D eigenvalue weighted by Crippen LogP contribution is 2.27. The molecule has 4 heteroatoms. The molecule has 0 N–H and O–H groups in total. The normalized spacial score (nSPS) is 10.5. The number of benzene rings is 2. The number of hydrogen-bond acceptors (Lipinski definition) is 2. The van der Waals surface area contributed by atoms with Crippen LogP contribution in [0.2, 0.25) is 5.02 Å². The van der Waals surface area contributed by atoms with Gasteiger partial charge in [0.2, 0.25) is 0 Å². The fourth-order valence-corrected chi connectivity index (χ4v) is 2.56. The largest absolute Gasteiger partial charge is 0.236 e. The van der Waals surface area contributed by atoms with Gasteiger partial charge in [0.25, 0.3) is 0 Å². The summed E-state index contributed by atoms with van der Waals surface area (Å²) in [5.41, 5.74) is 2.75. The Morgan fingerprint density at radius 2 is 1.80 bits per heavy atom. The molecule has 0 saturated carbocycles. The van der Waals surface area contributed by atoms with E-state index in [4.69, 9.17) is 11.6 Å². The number of hydrogen-bond donors (Lipinski definition) is 0. The fourth-order valence-electron chi connectivity index (χ4n) is 1.94. The predicted molar refractivity (Wildman–Crippen MR) is 85.6 cm³/mol. The van der Waals surface area contributed by atoms with Crippen LogP contribution in [0.1, 0.15) is 0 Å². The first kappa shape index (κ1) is 13.3. The molecule has 20 heavy (non-hydrogen) atoms. The van der Waals surface area contributed by atoms with Gasteiger partial charge in [-0.05, 0) is 30.3 Å². The third kappa shape index (κ3) is 2.74. The van der Waals surface area contributed by atoms with Crippen molar-refractivity contribution in [1.29, 1.82) is 0 Å². The van der Waals surface area contributed by atoms with Gasteiger partial charge in [0.1, 0.15) is 0 Å². The van der Waals surface area contributed by atoms with Crippen molar-refractivity contribution in [2.45, 2.75) is 0 Å². The van der Waals surface area contributed by atoms with E-state index in [1.54, 1.807) is 6.20 Å². The highest BCUT2D eigenvalue weighted by molar-refractivity contribution is 9.10. The molecule has 0 spiro atoms. The van der Waals surface area contributed by atoms with Gasteiger partial charge in [-0.25, -0.2) is 9.97 Å². The van der Waals surface area contributed by atoms with Crippen molar-refractivity contribution in [3.63, 3.8) is 0 Å². The Kier molecular flexibility index (Phi) is 3.81. The number of rotatable bonds is 2. The first-order valence-corrected chi connectivity index (χ1v) is 7.25. The minimum Gasteiger partial charge on any atom is -0.236 e. The molecule has 0 bridgehead atoms. The van der Waals surface area contributed by atoms with Crippen molar-refractivity contribution in [3.8, 4) is 22.6 Å². The second-order valence-electron chi connectivity index (χ2n) is 4.26. The third-order valence-electron chi connectivity index (χ3n) is 2.89. The van der Waals surface area contributed by atoms with Gasteiger partial charge in [-0.1, -0.05) is 51.8 Å². The van der Waals surface area contributed by atoms with Crippen molar-refractivity contribution >= 4 is 27.5 Å². The van der Waals surface area contributed by atoms with E-state index in [1.807, 2.05) is 54.6 Å². The van der Waals surface area contributed by atoms with E-state index < -0.39 is 0 Å². The van der Waals surface area contributed by atoms with Crippen LogP contribution in [0.15, 0.2) is 65.3 Å². The lowest BCUT2D eigenvalue weighted by Crippen LogP contribution is -1.92. The van der Waals surface area contributed by atoms with Crippen molar-refractivity contribution in [1.82, 2.24) is 9.97 Å². The zero-order chi connectivity index (χ0) is 13.9. The Balaban J connectivity index is 2.09. The van der Waals surface area contributed by atoms with E-state index in [-0.39, 0.29) is 0 Å². The van der Waals surface area contributed by atoms with Crippen LogP contribution in [0.3, 0.4) is 0 Å². The molecule has 0 atom stereocenters. The Bertz CT molecular complexity index is 759. The number of nitrogens with zero attached hydrogens (tertiary/aromatic N) is 2. The summed E-state index contributed by atoms with van der Waals surface area (Å²) in [7, 11) is 0. The Morgan fingerprint density at radius 3 is 2.60 bits per heavy atom. The van der Waals surface area contributed by atoms with Gasteiger partial charge < -0.3 is 0 Å². The molecule has 0 aliphatic rings. The number of aromatic nitrogens is 2. The summed E-state index contributed by atoms with van der Waals surface area (Å²) < 4.78 is 1.02. The lowest BCUT2D eigenvalue weighted by atomic mass is 10.1. The summed E-state index contributed by atoms with van der Waals surface area (Å²) >= 11 is 9.66. The van der Waals surface area contributed by atoms with Crippen LogP contribution < -0.4 is 0 Å². The summed E-state index contributed by atoms with van der Waals surface area (Å²) in [4.78, 5) is 8.91. The topological polar surface area (TPSA) is 25.8 Å². The Hall–Kier alpha value is -1.71. The molecule has 0 aliphatic carbocycles. The zero-order valence-corrected chi connectivity index (χ0v) is 12.8. The molecule has 0 fully saturated rings. The summed E-state index contributed by atoms with van der Waals surface area (Å²) in [6, 6.07) is 17.5. The minimum atomic E-state index is 0.632. The van der Waals surface area contributed by atoms with Gasteiger partial charge >= 0.3 is 0 Å². The molecule has 98 valence electrons. The average molecular weight is 346 g/mol. The Labute approximate surface area is 130 Å². The SMILES string of the molecule is Clc1ccccc1-c1nccc(-c2cccc(Br)c2)n1. The maximum Gasteiger partial charge on any atom is 0.161 e. The maximum atomic E-state index is 6.19. The van der Waals surface area contributed by atoms with Crippen LogP contribution in [0.5, 0.6) is 0 Å². The van der Waals surface area contributed by atoms with Crippen LogP contribution in [-0.2, 0) is 0 Å². The molecule has 3 rings (SSSR count). The smallest absolute Gasteiger partial charge is 0.161 e. The molecule has 2 aromatic carbocycles. The molecular weight excluding hydrogens is 336 g/mol. The molecule has 1 aromatic heterocycles. The van der Waals surface area contributed by atoms with E-state index in [9.17, 15) is 0 Å². The van der Waals surface area contributed by atoms with Gasteiger partial charge in [0, 0.05) is 21.8 Å². The van der Waals surface area contributed by atoms with Crippen molar-refractivity contribution in [3.05, 3.63) is 70.3 Å². The van der Waals surface area contributed by atoms with Crippen LogP contribution in [0.4, 0.5) is 0 Å². The molecule has 1 heterocycles. The van der Waals surface area contributed by atoms with Crippen molar-refractivity contribution in [2.24, 2.45) is 0 Å². The first-order chi connectivity index (χ1) is 9.74. The molecule has 0 unspecified atom stereocenters. The molecule has 2 nitrogen and oxygen atoms in total. The van der Waals surface area contributed by atoms with Gasteiger partial charge in [0.15, 0.2) is 5.82 Å². The third-order valence-corrected chi connectivity index (χ3v) is 3.71. The van der Waals surface area contributed by atoms with Crippen LogP contribution in [0.25, 0.3) is 22.6 Å². The summed E-state index contributed by atoms with van der Waals surface area (Å²) in [6.45, 7) is 0. The first-order valence-electron chi connectivity index (χ1n) is 6.08. The molecular formula is C16H10BrClN2. The second-order valence-corrected chi connectivity index (χ2v) is 5.58. The quantitative estimate of drug-likeness (QED) is 0.636. The zero-order valence-electron chi connectivity index (χ0n) is 10.4. The lowest BCUT2D eigenvalue weighted by Gasteiger charge is -2.06. The highest BCUT2D eigenvalue weighted by atomic mass is 79.9. The molecule has 3 aromatic rings. The van der Waals surface area contributed by atoms with E-state index in [0.29, 0.717) is 10.8 Å². The summed E-state index contributed by atoms with van der Waals surface area (Å²) in [5, 5.41) is 0.652. The van der Waals surface area contributed by atoms with Crippen LogP contribution in [0, 0.1) is 0 Å². The Morgan fingerprint density at radius 1 is 0.950 bits per heavy atom. The number of halogens is 2. The lowest BCUT2D eigenvalue weighted by molar-refractivity contribution is 1.18. The van der Waals surface area contributed by atoms with Crippen LogP contribution in [-0.4, -0.2) is 9.97 Å². The predicted octanol–water partition coefficient (Wildman–Crippen LogP) is 5.23. The summed E-state index contributed by atoms with van der Waals surface area (Å²) in [5.74, 6) is 0.632. The van der Waals surface area contributed by atoms with Gasteiger partial charge in [-0.2, -0.15) is 0 Å². The summed E-state index contributed by atoms with van der Waals surface area (Å²) in [6.07, 6.45) is 1.75. The average Bonchev–Trinajstić information content (AvgIpc) is 2.48. The molecule has 0 amide bonds. The fraction of sp³-hybridized carbons (Fsp3) is 0. The van der Waals surface area contributed by atoms with Crippen molar-refractivity contribution in [2.75, 3.05) is 0 Å². The van der Waals surface area contributed by atoms with Gasteiger partial charge in [-0.3, -0.25) is 0 Å². The van der Waals surface area contributed by atoms with E-state index in [0.717, 1.165) is 21.3 Å². The van der Waals surface area contributed by atoms with Crippen molar-refractivity contribution < 1.29 is 0 Å². The van der Waals surface area contributed by atoms with E-state index >= 15 is 0 Å². The van der Waals surface area contributed by atoms with Gasteiger partial charge in [-0.15, -0.1) is 0 Å². The monoisotopic (exact) mass is 344 g/mol. The van der Waals surface area contributed by atoms with Gasteiger partial charge in [0.05, 0.1) is 10.7 Å². The second kappa shape index (κ2) is 5.73. The highest BCUT2D eigenvalue weighted by Gasteiger charge is 2.07. The van der Waals surface area contributed by atoms with E-state index in [1.165, 1.54) is 0 Å². The van der Waals surface area contributed by atoms with Crippen LogP contribution >= 0.6 is 27.5 Å².